The molecule has 3 aliphatic rings. The van der Waals surface area contributed by atoms with Gasteiger partial charge in [0, 0.05) is 75.0 Å². The second-order valence-corrected chi connectivity index (χ2v) is 21.0. The van der Waals surface area contributed by atoms with Gasteiger partial charge in [-0.15, -0.1) is 0 Å². The molecule has 74 heavy (non-hydrogen) atoms. The Morgan fingerprint density at radius 3 is 1.18 bits per heavy atom. The van der Waals surface area contributed by atoms with Gasteiger partial charge in [0.05, 0.1) is 0 Å². The van der Waals surface area contributed by atoms with Crippen LogP contribution in [0.5, 0.6) is 0 Å². The number of carbonyl (C=O) groups excluding carboxylic acids is 2. The third kappa shape index (κ3) is 11.1. The summed E-state index contributed by atoms with van der Waals surface area (Å²) in [7, 11) is -10.7. The average molecular weight is 1050 g/mol. The number of hydrogen-bond donors (Lipinski definition) is 2. The number of allylic oxidation sites excluding steroid dienone is 2. The average Bonchev–Trinajstić information content (AvgIpc) is 3.39. The molecule has 0 saturated heterocycles. The zero-order chi connectivity index (χ0) is 51.1. The van der Waals surface area contributed by atoms with Crippen LogP contribution in [0.15, 0.2) is 206 Å². The number of benzene rings is 8. The number of ketones is 2. The molecule has 0 bridgehead atoms. The molecule has 375 valence electrons. The summed E-state index contributed by atoms with van der Waals surface area (Å²) in [6, 6.07) is 62.5. The van der Waals surface area contributed by atoms with Gasteiger partial charge in [0.15, 0.2) is 11.6 Å². The van der Waals surface area contributed by atoms with Crippen LogP contribution in [-0.2, 0) is 26.7 Å². The number of halogens is 6. The van der Waals surface area contributed by atoms with Crippen LogP contribution in [0.3, 0.4) is 0 Å². The van der Waals surface area contributed by atoms with Crippen molar-refractivity contribution in [3.05, 3.63) is 238 Å². The quantitative estimate of drug-likeness (QED) is 0.0689. The molecule has 8 aromatic carbocycles. The Balaban J connectivity index is 0.000000786. The van der Waals surface area contributed by atoms with E-state index in [0.717, 1.165) is 88.6 Å². The molecular formula is C62H50F6MnN2O2P-. The monoisotopic (exact) mass is 1050 g/mol. The van der Waals surface area contributed by atoms with E-state index in [0.29, 0.717) is 34.1 Å². The van der Waals surface area contributed by atoms with Gasteiger partial charge in [-0.3, -0.25) is 9.59 Å². The van der Waals surface area contributed by atoms with Gasteiger partial charge in [-0.05, 0) is 102 Å². The summed E-state index contributed by atoms with van der Waals surface area (Å²) in [6.45, 7) is 4.58. The number of Topliss-reactive ketones (excluding diaryl/α,β-unsaturated/α-hetero) is 2. The molecule has 0 aromatic heterocycles. The number of hydrogen-bond acceptors (Lipinski definition) is 4. The molecule has 0 aliphatic heterocycles. The summed E-state index contributed by atoms with van der Waals surface area (Å²) >= 11 is 0. The van der Waals surface area contributed by atoms with E-state index in [9.17, 15) is 25.2 Å². The van der Waals surface area contributed by atoms with Crippen molar-refractivity contribution in [2.45, 2.75) is 38.8 Å². The van der Waals surface area contributed by atoms with E-state index in [4.69, 9.17) is 0 Å². The molecule has 11 rings (SSSR count). The summed E-state index contributed by atoms with van der Waals surface area (Å²) in [5.41, 5.74) is 8.76. The molecule has 0 unspecified atom stereocenters. The van der Waals surface area contributed by atoms with Gasteiger partial charge < -0.3 is 10.6 Å². The summed E-state index contributed by atoms with van der Waals surface area (Å²) in [4.78, 5) is 30.4. The van der Waals surface area contributed by atoms with Crippen molar-refractivity contribution in [2.24, 2.45) is 11.8 Å². The zero-order valence-corrected chi connectivity index (χ0v) is 42.3. The van der Waals surface area contributed by atoms with Crippen molar-refractivity contribution in [2.75, 3.05) is 0 Å². The van der Waals surface area contributed by atoms with Crippen LogP contribution in [0, 0.1) is 11.8 Å². The molecule has 1 fully saturated rings. The van der Waals surface area contributed by atoms with Crippen molar-refractivity contribution >= 4 is 64.2 Å². The van der Waals surface area contributed by atoms with Crippen LogP contribution in [0.25, 0.3) is 67.1 Å². The van der Waals surface area contributed by atoms with E-state index in [1.807, 2.05) is 61.0 Å². The SMILES string of the molecule is C[C@@H]1CC[C@@H](C)[C@@H](N/C=C2/C=c3ccccc3=C(c3c(-c4ccccc4)ccc4ccccc34)C2=O)[C@@H]1N/C=C1/C=c2ccccc2=C(c2c(-c3ccccc3)ccc3ccccc23)C1=O.F[P-](F)(F)(F)(F)F.[Mn]. The Bertz CT molecular complexity index is 3600. The van der Waals surface area contributed by atoms with Gasteiger partial charge in [0.1, 0.15) is 0 Å². The third-order valence-electron chi connectivity index (χ3n) is 14.1. The molecule has 12 heteroatoms. The topological polar surface area (TPSA) is 58.2 Å². The summed E-state index contributed by atoms with van der Waals surface area (Å²) in [6.07, 6.45) is 10.1. The number of nitrogens with one attached hydrogen (secondary N) is 2. The van der Waals surface area contributed by atoms with Gasteiger partial charge in [0.2, 0.25) is 0 Å². The minimum atomic E-state index is -10.7. The van der Waals surface area contributed by atoms with E-state index in [-0.39, 0.29) is 40.7 Å². The van der Waals surface area contributed by atoms with E-state index in [2.05, 4.69) is 170 Å². The van der Waals surface area contributed by atoms with Crippen LogP contribution in [0.1, 0.15) is 37.8 Å². The number of rotatable bonds is 8. The van der Waals surface area contributed by atoms with Gasteiger partial charge in [-0.1, -0.05) is 196 Å². The van der Waals surface area contributed by atoms with Crippen LogP contribution in [0.4, 0.5) is 25.2 Å². The molecule has 1 saturated carbocycles. The first-order chi connectivity index (χ1) is 34.9. The Labute approximate surface area is 434 Å². The second kappa shape index (κ2) is 19.9. The van der Waals surface area contributed by atoms with Gasteiger partial charge >= 0.3 is 33.0 Å². The minimum Gasteiger partial charge on any atom is 0 e. The maximum absolute atomic E-state index is 15.2. The first-order valence-electron chi connectivity index (χ1n) is 24.2. The van der Waals surface area contributed by atoms with Gasteiger partial charge in [0.25, 0.3) is 0 Å². The fourth-order valence-electron chi connectivity index (χ4n) is 10.7. The third-order valence-corrected chi connectivity index (χ3v) is 14.1. The fraction of sp³-hybridized carbons (Fsp3) is 0.129. The van der Waals surface area contributed by atoms with Crippen LogP contribution in [0.2, 0.25) is 0 Å². The van der Waals surface area contributed by atoms with E-state index in [1.54, 1.807) is 0 Å². The molecule has 1 radical (unpaired) electrons. The predicted octanol–water partition coefficient (Wildman–Crippen LogP) is 13.3. The molecule has 4 atom stereocenters. The Kier molecular flexibility index (Phi) is 13.8. The van der Waals surface area contributed by atoms with Crippen LogP contribution >= 0.6 is 7.81 Å². The van der Waals surface area contributed by atoms with Crippen molar-refractivity contribution < 1.29 is 51.8 Å². The van der Waals surface area contributed by atoms with Crippen molar-refractivity contribution in [3.63, 3.8) is 0 Å². The maximum Gasteiger partial charge on any atom is 0 e. The first-order valence-corrected chi connectivity index (χ1v) is 26.3. The summed E-state index contributed by atoms with van der Waals surface area (Å²) < 4.78 is 59.2. The molecule has 2 N–H and O–H groups in total. The molecule has 0 heterocycles. The Morgan fingerprint density at radius 2 is 0.784 bits per heavy atom. The Hall–Kier alpha value is -7.29. The molecule has 4 nitrogen and oxygen atoms in total. The molecule has 8 aromatic rings. The second-order valence-electron chi connectivity index (χ2n) is 19.1. The van der Waals surface area contributed by atoms with Gasteiger partial charge in [-0.25, -0.2) is 0 Å². The van der Waals surface area contributed by atoms with Crippen molar-refractivity contribution in [3.8, 4) is 22.3 Å². The summed E-state index contributed by atoms with van der Waals surface area (Å²) in [5, 5.41) is 15.8. The number of fused-ring (bicyclic) bond motifs is 4. The maximum atomic E-state index is 15.2. The van der Waals surface area contributed by atoms with Crippen LogP contribution in [-0.4, -0.2) is 23.7 Å². The molecule has 3 aliphatic carbocycles. The molecule has 0 spiro atoms. The fourth-order valence-corrected chi connectivity index (χ4v) is 10.7. The molecule has 0 amide bonds. The normalized spacial score (nSPS) is 20.4. The first kappa shape index (κ1) is 51.6. The van der Waals surface area contributed by atoms with Gasteiger partial charge in [-0.2, -0.15) is 0 Å². The van der Waals surface area contributed by atoms with Crippen molar-refractivity contribution in [1.29, 1.82) is 0 Å². The van der Waals surface area contributed by atoms with E-state index < -0.39 is 7.81 Å². The van der Waals surface area contributed by atoms with E-state index in [1.165, 1.54) is 0 Å². The minimum absolute atomic E-state index is 0. The zero-order valence-electron chi connectivity index (χ0n) is 40.3. The van der Waals surface area contributed by atoms with Crippen LogP contribution < -0.4 is 31.5 Å². The van der Waals surface area contributed by atoms with Crippen molar-refractivity contribution in [1.82, 2.24) is 10.6 Å². The standard InChI is InChI=1S/C62H50N2O2.F6P.Mn/c1-39-29-30-40(2)60(64-38-48-36-46-24-12-16-28-52(46)58(62(48)66)56-50-26-14-10-22-44(50)32-34-54(56)42-19-7-4-8-20-42)59(39)63-37-47-35-45-23-11-15-27-51(45)57(61(47)65)55-49-25-13-9-21-43(49)31-33-53(55)41-17-5-3-6-18-41;1-7(2,3,4,5)6;/h3-28,31-40,59-60,63-64H,29-30H2,1-2H3;;/q;-1;/b47-37-,48-38-;;/t39-,40-,59-,60-;;/m1../s1. The largest absolute Gasteiger partial charge is 0 e. The smallest absolute Gasteiger partial charge is 0 e. The predicted molar refractivity (Wildman–Crippen MR) is 285 cm³/mol. The summed E-state index contributed by atoms with van der Waals surface area (Å²) in [5.74, 6) is 0.573. The number of carbonyl (C=O) groups is 2. The van der Waals surface area contributed by atoms with E-state index >= 15 is 9.59 Å². The molecular weight excluding hydrogens is 1000 g/mol. The Morgan fingerprint density at radius 1 is 0.446 bits per heavy atom.